The number of nitrogens with one attached hydrogen (secondary N) is 2. The maximum absolute atomic E-state index is 13.4. The summed E-state index contributed by atoms with van der Waals surface area (Å²) < 4.78 is 13.6. The maximum Gasteiger partial charge on any atom is 0.256 e. The van der Waals surface area contributed by atoms with Gasteiger partial charge in [0, 0.05) is 12.2 Å². The molecule has 1 amide bonds. The lowest BCUT2D eigenvalue weighted by molar-refractivity contribution is 0.102. The van der Waals surface area contributed by atoms with Crippen molar-refractivity contribution in [2.75, 3.05) is 12.4 Å². The minimum Gasteiger partial charge on any atom is -0.322 e. The molecule has 2 aromatic rings. The largest absolute Gasteiger partial charge is 0.322 e. The van der Waals surface area contributed by atoms with E-state index in [1.807, 2.05) is 25.2 Å². The second-order valence-electron chi connectivity index (χ2n) is 4.29. The highest BCUT2D eigenvalue weighted by Crippen LogP contribution is 2.21. The highest BCUT2D eigenvalue weighted by Gasteiger charge is 2.13. The van der Waals surface area contributed by atoms with Crippen molar-refractivity contribution >= 4 is 27.5 Å². The first kappa shape index (κ1) is 14.7. The molecule has 0 aliphatic carbocycles. The summed E-state index contributed by atoms with van der Waals surface area (Å²) in [5.74, 6) is -0.806. The van der Waals surface area contributed by atoms with Gasteiger partial charge in [-0.2, -0.15) is 0 Å². The van der Waals surface area contributed by atoms with Gasteiger partial charge in [0.05, 0.1) is 10.0 Å². The Balaban J connectivity index is 2.19. The minimum absolute atomic E-state index is 0.170. The summed E-state index contributed by atoms with van der Waals surface area (Å²) in [5, 5.41) is 5.80. The summed E-state index contributed by atoms with van der Waals surface area (Å²) in [6.45, 7) is 0.716. The summed E-state index contributed by atoms with van der Waals surface area (Å²) in [6, 6.07) is 11.9. The summed E-state index contributed by atoms with van der Waals surface area (Å²) in [4.78, 5) is 12.1. The Hall–Kier alpha value is -1.72. The zero-order chi connectivity index (χ0) is 14.5. The molecule has 0 radical (unpaired) electrons. The number of hydrogen-bond acceptors (Lipinski definition) is 2. The van der Waals surface area contributed by atoms with Crippen LogP contribution in [0.25, 0.3) is 0 Å². The molecule has 2 aromatic carbocycles. The van der Waals surface area contributed by atoms with Gasteiger partial charge in [0.1, 0.15) is 5.82 Å². The van der Waals surface area contributed by atoms with E-state index >= 15 is 0 Å². The Kier molecular flexibility index (Phi) is 4.87. The Bertz CT molecular complexity index is 631. The second-order valence-corrected chi connectivity index (χ2v) is 5.08. The van der Waals surface area contributed by atoms with Crippen molar-refractivity contribution in [1.29, 1.82) is 0 Å². The molecule has 0 aliphatic rings. The fraction of sp³-hybridized carbons (Fsp3) is 0.133. The molecule has 20 heavy (non-hydrogen) atoms. The summed E-state index contributed by atoms with van der Waals surface area (Å²) in [6.07, 6.45) is 0. The Morgan fingerprint density at radius 2 is 2.00 bits per heavy atom. The van der Waals surface area contributed by atoms with Crippen LogP contribution in [0.1, 0.15) is 15.9 Å². The van der Waals surface area contributed by atoms with E-state index in [-0.39, 0.29) is 15.9 Å². The van der Waals surface area contributed by atoms with Crippen molar-refractivity contribution in [3.8, 4) is 0 Å². The first-order valence-corrected chi connectivity index (χ1v) is 6.90. The average molecular weight is 337 g/mol. The van der Waals surface area contributed by atoms with Crippen LogP contribution in [-0.2, 0) is 6.54 Å². The molecule has 0 fully saturated rings. The molecule has 104 valence electrons. The van der Waals surface area contributed by atoms with Crippen molar-refractivity contribution in [2.24, 2.45) is 0 Å². The lowest BCUT2D eigenvalue weighted by Crippen LogP contribution is -2.13. The smallest absolute Gasteiger partial charge is 0.256 e. The molecule has 0 saturated heterocycles. The third-order valence-electron chi connectivity index (χ3n) is 2.76. The molecule has 3 nitrogen and oxygen atoms in total. The number of anilines is 1. The molecule has 0 unspecified atom stereocenters. The number of halogens is 2. The van der Waals surface area contributed by atoms with Crippen molar-refractivity contribution in [1.82, 2.24) is 5.32 Å². The van der Waals surface area contributed by atoms with E-state index in [4.69, 9.17) is 0 Å². The third kappa shape index (κ3) is 3.43. The van der Waals surface area contributed by atoms with E-state index in [0.29, 0.717) is 12.2 Å². The zero-order valence-electron chi connectivity index (χ0n) is 10.9. The van der Waals surface area contributed by atoms with Crippen LogP contribution in [0.2, 0.25) is 0 Å². The monoisotopic (exact) mass is 336 g/mol. The molecule has 0 heterocycles. The summed E-state index contributed by atoms with van der Waals surface area (Å²) >= 11 is 3.09. The molecular formula is C15H14BrFN2O. The number of amides is 1. The number of benzene rings is 2. The predicted molar refractivity (Wildman–Crippen MR) is 81.3 cm³/mol. The fourth-order valence-corrected chi connectivity index (χ4v) is 2.29. The van der Waals surface area contributed by atoms with Gasteiger partial charge in [0.15, 0.2) is 0 Å². The van der Waals surface area contributed by atoms with Gasteiger partial charge in [-0.25, -0.2) is 4.39 Å². The fourth-order valence-electron chi connectivity index (χ4n) is 1.84. The number of carbonyl (C=O) groups is 1. The van der Waals surface area contributed by atoms with Gasteiger partial charge in [0.25, 0.3) is 5.91 Å². The Morgan fingerprint density at radius 3 is 2.75 bits per heavy atom. The predicted octanol–water partition coefficient (Wildman–Crippen LogP) is 3.56. The van der Waals surface area contributed by atoms with Gasteiger partial charge in [-0.15, -0.1) is 0 Å². The van der Waals surface area contributed by atoms with Gasteiger partial charge in [0.2, 0.25) is 0 Å². The summed E-state index contributed by atoms with van der Waals surface area (Å²) in [5.41, 5.74) is 2.01. The number of rotatable bonds is 4. The van der Waals surface area contributed by atoms with Crippen LogP contribution >= 0.6 is 15.9 Å². The molecule has 0 aromatic heterocycles. The summed E-state index contributed by atoms with van der Waals surface area (Å²) in [7, 11) is 1.86. The van der Waals surface area contributed by atoms with Crippen molar-refractivity contribution < 1.29 is 9.18 Å². The first-order chi connectivity index (χ1) is 9.61. The van der Waals surface area contributed by atoms with E-state index in [1.165, 1.54) is 12.1 Å². The van der Waals surface area contributed by atoms with E-state index in [1.54, 1.807) is 12.1 Å². The maximum atomic E-state index is 13.4. The topological polar surface area (TPSA) is 41.1 Å². The Labute approximate surface area is 125 Å². The highest BCUT2D eigenvalue weighted by molar-refractivity contribution is 9.10. The van der Waals surface area contributed by atoms with Crippen LogP contribution in [-0.4, -0.2) is 13.0 Å². The average Bonchev–Trinajstić information content (AvgIpc) is 2.42. The van der Waals surface area contributed by atoms with Crippen LogP contribution < -0.4 is 10.6 Å². The molecule has 0 aliphatic heterocycles. The molecule has 2 rings (SSSR count). The van der Waals surface area contributed by atoms with E-state index in [9.17, 15) is 9.18 Å². The van der Waals surface area contributed by atoms with E-state index in [0.717, 1.165) is 5.56 Å². The number of carbonyl (C=O) groups excluding carboxylic acids is 1. The lowest BCUT2D eigenvalue weighted by Gasteiger charge is -2.09. The van der Waals surface area contributed by atoms with Gasteiger partial charge in [-0.3, -0.25) is 4.79 Å². The van der Waals surface area contributed by atoms with Gasteiger partial charge in [-0.05, 0) is 52.8 Å². The van der Waals surface area contributed by atoms with Crippen LogP contribution in [0, 0.1) is 5.82 Å². The van der Waals surface area contributed by atoms with Crippen LogP contribution in [0.5, 0.6) is 0 Å². The Morgan fingerprint density at radius 1 is 1.25 bits per heavy atom. The van der Waals surface area contributed by atoms with Crippen LogP contribution in [0.3, 0.4) is 0 Å². The van der Waals surface area contributed by atoms with E-state index < -0.39 is 5.82 Å². The van der Waals surface area contributed by atoms with Gasteiger partial charge in [-0.1, -0.05) is 18.2 Å². The molecule has 0 bridgehead atoms. The lowest BCUT2D eigenvalue weighted by atomic mass is 10.1. The van der Waals surface area contributed by atoms with Gasteiger partial charge >= 0.3 is 0 Å². The molecule has 5 heteroatoms. The third-order valence-corrected chi connectivity index (χ3v) is 3.57. The highest BCUT2D eigenvalue weighted by atomic mass is 79.9. The molecule has 0 saturated carbocycles. The van der Waals surface area contributed by atoms with Crippen molar-refractivity contribution in [3.63, 3.8) is 0 Å². The minimum atomic E-state index is -0.457. The molecule has 0 atom stereocenters. The van der Waals surface area contributed by atoms with Crippen molar-refractivity contribution in [3.05, 3.63) is 63.9 Å². The van der Waals surface area contributed by atoms with E-state index in [2.05, 4.69) is 26.6 Å². The molecule has 2 N–H and O–H groups in total. The second kappa shape index (κ2) is 6.63. The SMILES string of the molecule is CNCc1cccc(NC(=O)c2cccc(F)c2Br)c1. The molecular weight excluding hydrogens is 323 g/mol. The quantitative estimate of drug-likeness (QED) is 0.896. The van der Waals surface area contributed by atoms with Crippen LogP contribution in [0.15, 0.2) is 46.9 Å². The normalized spacial score (nSPS) is 10.3. The van der Waals surface area contributed by atoms with Crippen molar-refractivity contribution in [2.45, 2.75) is 6.54 Å². The zero-order valence-corrected chi connectivity index (χ0v) is 12.5. The van der Waals surface area contributed by atoms with Crippen LogP contribution in [0.4, 0.5) is 10.1 Å². The standard InChI is InChI=1S/C15H14BrFN2O/c1-18-9-10-4-2-5-11(8-10)19-15(20)12-6-3-7-13(17)14(12)16/h2-8,18H,9H2,1H3,(H,19,20). The molecule has 0 spiro atoms. The van der Waals surface area contributed by atoms with Gasteiger partial charge < -0.3 is 10.6 Å². The number of hydrogen-bond donors (Lipinski definition) is 2. The first-order valence-electron chi connectivity index (χ1n) is 6.10.